The first-order valence-electron chi connectivity index (χ1n) is 7.52. The molecule has 1 aromatic heterocycles. The van der Waals surface area contributed by atoms with Crippen LogP contribution in [0.2, 0.25) is 0 Å². The van der Waals surface area contributed by atoms with Crippen molar-refractivity contribution in [1.82, 2.24) is 10.2 Å². The highest BCUT2D eigenvalue weighted by Gasteiger charge is 2.10. The molecule has 0 fully saturated rings. The summed E-state index contributed by atoms with van der Waals surface area (Å²) in [6.07, 6.45) is 0.667. The van der Waals surface area contributed by atoms with Gasteiger partial charge in [-0.2, -0.15) is 5.26 Å². The fourth-order valence-electron chi connectivity index (χ4n) is 2.13. The van der Waals surface area contributed by atoms with Crippen molar-refractivity contribution in [1.29, 1.82) is 5.26 Å². The Morgan fingerprint density at radius 2 is 1.88 bits per heavy atom. The minimum Gasteiger partial charge on any atom is -0.482 e. The summed E-state index contributed by atoms with van der Waals surface area (Å²) in [7, 11) is 0. The van der Waals surface area contributed by atoms with Crippen LogP contribution in [0.3, 0.4) is 0 Å². The van der Waals surface area contributed by atoms with Crippen molar-refractivity contribution in [2.24, 2.45) is 0 Å². The molecule has 0 radical (unpaired) electrons. The number of para-hydroxylation sites is 1. The summed E-state index contributed by atoms with van der Waals surface area (Å²) in [5.41, 5.74) is 1.52. The molecule has 0 aliphatic rings. The number of ether oxygens (including phenoxy) is 1. The van der Waals surface area contributed by atoms with Crippen LogP contribution in [0.15, 0.2) is 54.6 Å². The quantitative estimate of drug-likeness (QED) is 0.738. The molecule has 7 heteroatoms. The molecule has 0 saturated carbocycles. The smallest absolute Gasteiger partial charge is 0.264 e. The number of anilines is 1. The van der Waals surface area contributed by atoms with Gasteiger partial charge >= 0.3 is 0 Å². The molecule has 1 heterocycles. The van der Waals surface area contributed by atoms with E-state index < -0.39 is 0 Å². The first kappa shape index (κ1) is 16.6. The largest absolute Gasteiger partial charge is 0.482 e. The Morgan fingerprint density at radius 3 is 2.68 bits per heavy atom. The highest BCUT2D eigenvalue weighted by molar-refractivity contribution is 7.15. The predicted molar refractivity (Wildman–Crippen MR) is 94.4 cm³/mol. The van der Waals surface area contributed by atoms with Crippen LogP contribution < -0.4 is 10.1 Å². The molecule has 0 unspecified atom stereocenters. The van der Waals surface area contributed by atoms with Crippen LogP contribution in [0.4, 0.5) is 5.13 Å². The lowest BCUT2D eigenvalue weighted by molar-refractivity contribution is -0.118. The molecule has 1 amide bonds. The van der Waals surface area contributed by atoms with Crippen molar-refractivity contribution in [3.05, 3.63) is 70.7 Å². The van der Waals surface area contributed by atoms with Gasteiger partial charge in [0.1, 0.15) is 16.8 Å². The van der Waals surface area contributed by atoms with E-state index in [0.29, 0.717) is 22.9 Å². The Labute approximate surface area is 148 Å². The lowest BCUT2D eigenvalue weighted by Crippen LogP contribution is -2.20. The Hall–Kier alpha value is -3.24. The molecule has 0 saturated heterocycles. The molecule has 124 valence electrons. The number of hydrogen-bond donors (Lipinski definition) is 1. The third-order valence-corrected chi connectivity index (χ3v) is 4.12. The van der Waals surface area contributed by atoms with E-state index >= 15 is 0 Å². The van der Waals surface area contributed by atoms with Gasteiger partial charge in [-0.25, -0.2) is 0 Å². The summed E-state index contributed by atoms with van der Waals surface area (Å²) in [6, 6.07) is 18.7. The third-order valence-electron chi connectivity index (χ3n) is 3.28. The summed E-state index contributed by atoms with van der Waals surface area (Å²) in [5.74, 6) is 0.0253. The molecule has 0 aliphatic carbocycles. The predicted octanol–water partition coefficient (Wildman–Crippen LogP) is 3.02. The fourth-order valence-corrected chi connectivity index (χ4v) is 2.92. The van der Waals surface area contributed by atoms with Gasteiger partial charge in [0.05, 0.1) is 5.56 Å². The second kappa shape index (κ2) is 8.04. The Balaban J connectivity index is 1.54. The van der Waals surface area contributed by atoms with E-state index in [1.54, 1.807) is 24.3 Å². The summed E-state index contributed by atoms with van der Waals surface area (Å²) in [6.45, 7) is -0.202. The Kier molecular flexibility index (Phi) is 5.34. The number of carbonyl (C=O) groups excluding carboxylic acids is 1. The van der Waals surface area contributed by atoms with Crippen LogP contribution in [0.1, 0.15) is 16.1 Å². The van der Waals surface area contributed by atoms with Crippen LogP contribution in [-0.2, 0) is 11.2 Å². The number of hydrogen-bond acceptors (Lipinski definition) is 6. The number of aromatic nitrogens is 2. The molecule has 3 aromatic rings. The number of amides is 1. The van der Waals surface area contributed by atoms with Gasteiger partial charge in [0, 0.05) is 6.42 Å². The van der Waals surface area contributed by atoms with E-state index in [2.05, 4.69) is 15.5 Å². The van der Waals surface area contributed by atoms with Crippen LogP contribution in [0.25, 0.3) is 0 Å². The topological polar surface area (TPSA) is 87.9 Å². The maximum atomic E-state index is 12.0. The molecule has 25 heavy (non-hydrogen) atoms. The Bertz CT molecular complexity index is 903. The first-order chi connectivity index (χ1) is 12.2. The molecular formula is C18H14N4O2S. The van der Waals surface area contributed by atoms with E-state index in [1.807, 2.05) is 36.4 Å². The maximum Gasteiger partial charge on any atom is 0.264 e. The van der Waals surface area contributed by atoms with Gasteiger partial charge in [-0.3, -0.25) is 10.1 Å². The third kappa shape index (κ3) is 4.62. The van der Waals surface area contributed by atoms with Crippen molar-refractivity contribution < 1.29 is 9.53 Å². The number of benzene rings is 2. The van der Waals surface area contributed by atoms with Gasteiger partial charge in [-0.15, -0.1) is 10.2 Å². The van der Waals surface area contributed by atoms with Crippen LogP contribution in [-0.4, -0.2) is 22.7 Å². The molecule has 1 N–H and O–H groups in total. The lowest BCUT2D eigenvalue weighted by atomic mass is 10.2. The van der Waals surface area contributed by atoms with E-state index in [0.717, 1.165) is 10.6 Å². The summed E-state index contributed by atoms with van der Waals surface area (Å²) in [5, 5.41) is 20.9. The minimum absolute atomic E-state index is 0.202. The second-order valence-corrected chi connectivity index (χ2v) is 6.17. The van der Waals surface area contributed by atoms with Gasteiger partial charge in [0.15, 0.2) is 6.61 Å². The lowest BCUT2D eigenvalue weighted by Gasteiger charge is -2.06. The van der Waals surface area contributed by atoms with E-state index in [-0.39, 0.29) is 12.5 Å². The number of carbonyl (C=O) groups is 1. The van der Waals surface area contributed by atoms with E-state index in [1.165, 1.54) is 11.3 Å². The molecule has 0 spiro atoms. The fraction of sp³-hybridized carbons (Fsp3) is 0.111. The van der Waals surface area contributed by atoms with Gasteiger partial charge in [0.25, 0.3) is 5.91 Å². The van der Waals surface area contributed by atoms with Crippen molar-refractivity contribution in [2.45, 2.75) is 6.42 Å². The zero-order valence-corrected chi connectivity index (χ0v) is 14.0. The van der Waals surface area contributed by atoms with Gasteiger partial charge in [-0.05, 0) is 17.7 Å². The van der Waals surface area contributed by atoms with Gasteiger partial charge < -0.3 is 4.74 Å². The van der Waals surface area contributed by atoms with Crippen LogP contribution >= 0.6 is 11.3 Å². The first-order valence-corrected chi connectivity index (χ1v) is 8.34. The molecule has 0 aliphatic heterocycles. The maximum absolute atomic E-state index is 12.0. The van der Waals surface area contributed by atoms with Crippen molar-refractivity contribution in [3.8, 4) is 11.8 Å². The minimum atomic E-state index is -0.352. The van der Waals surface area contributed by atoms with Crippen LogP contribution in [0.5, 0.6) is 5.75 Å². The number of nitriles is 1. The number of nitrogens with zero attached hydrogens (tertiary/aromatic N) is 3. The van der Waals surface area contributed by atoms with Crippen molar-refractivity contribution in [3.63, 3.8) is 0 Å². The van der Waals surface area contributed by atoms with E-state index in [9.17, 15) is 4.79 Å². The zero-order chi connectivity index (χ0) is 17.5. The second-order valence-electron chi connectivity index (χ2n) is 5.11. The summed E-state index contributed by atoms with van der Waals surface area (Å²) >= 11 is 1.32. The zero-order valence-electron chi connectivity index (χ0n) is 13.2. The van der Waals surface area contributed by atoms with Crippen LogP contribution in [0, 0.1) is 11.3 Å². The van der Waals surface area contributed by atoms with Gasteiger partial charge in [0.2, 0.25) is 5.13 Å². The van der Waals surface area contributed by atoms with E-state index in [4.69, 9.17) is 10.00 Å². The molecular weight excluding hydrogens is 336 g/mol. The molecule has 0 bridgehead atoms. The summed E-state index contributed by atoms with van der Waals surface area (Å²) in [4.78, 5) is 12.0. The Morgan fingerprint density at radius 1 is 1.12 bits per heavy atom. The van der Waals surface area contributed by atoms with Crippen molar-refractivity contribution in [2.75, 3.05) is 11.9 Å². The normalized spacial score (nSPS) is 10.0. The molecule has 2 aromatic carbocycles. The average molecular weight is 350 g/mol. The average Bonchev–Trinajstić information content (AvgIpc) is 3.07. The highest BCUT2D eigenvalue weighted by atomic mass is 32.1. The highest BCUT2D eigenvalue weighted by Crippen LogP contribution is 2.19. The molecule has 3 rings (SSSR count). The monoisotopic (exact) mass is 350 g/mol. The number of rotatable bonds is 6. The SMILES string of the molecule is N#Cc1ccccc1OCC(=O)Nc1nnc(Cc2ccccc2)s1. The summed E-state index contributed by atoms with van der Waals surface area (Å²) < 4.78 is 5.39. The molecule has 0 atom stereocenters. The van der Waals surface area contributed by atoms with Crippen molar-refractivity contribution >= 4 is 22.4 Å². The number of nitrogens with one attached hydrogen (secondary N) is 1. The molecule has 6 nitrogen and oxygen atoms in total. The standard InChI is InChI=1S/C18H14N4O2S/c19-11-14-8-4-5-9-15(14)24-12-16(23)20-18-22-21-17(25-18)10-13-6-2-1-3-7-13/h1-9H,10,12H2,(H,20,22,23). The van der Waals surface area contributed by atoms with Gasteiger partial charge in [-0.1, -0.05) is 53.8 Å².